The Kier molecular flexibility index (Phi) is 8.20. The third-order valence-corrected chi connectivity index (χ3v) is 5.82. The Labute approximate surface area is 172 Å². The zero-order valence-electron chi connectivity index (χ0n) is 16.1. The molecule has 0 atom stereocenters. The van der Waals surface area contributed by atoms with E-state index in [0.717, 1.165) is 18.6 Å². The molecular weight excluding hydrogens is 362 g/mol. The van der Waals surface area contributed by atoms with Crippen LogP contribution in [0.15, 0.2) is 95.9 Å². The minimum atomic E-state index is 0.147. The Morgan fingerprint density at radius 3 is 1.89 bits per heavy atom. The highest BCUT2D eigenvalue weighted by Gasteiger charge is 2.14. The van der Waals surface area contributed by atoms with Crippen LogP contribution in [0.25, 0.3) is 0 Å². The summed E-state index contributed by atoms with van der Waals surface area (Å²) in [5.74, 6) is 1.42. The molecule has 144 valence electrons. The number of hydrogen-bond donors (Lipinski definition) is 1. The van der Waals surface area contributed by atoms with Gasteiger partial charge in [-0.05, 0) is 41.9 Å². The predicted molar refractivity (Wildman–Crippen MR) is 119 cm³/mol. The number of hydrogen-bond acceptors (Lipinski definition) is 2. The van der Waals surface area contributed by atoms with E-state index in [9.17, 15) is 4.79 Å². The highest BCUT2D eigenvalue weighted by molar-refractivity contribution is 7.99. The lowest BCUT2D eigenvalue weighted by atomic mass is 9.88. The molecule has 0 aliphatic carbocycles. The van der Waals surface area contributed by atoms with Crippen molar-refractivity contribution in [3.8, 4) is 0 Å². The average molecular weight is 390 g/mol. The molecule has 3 rings (SSSR count). The summed E-state index contributed by atoms with van der Waals surface area (Å²) in [5.41, 5.74) is 2.59. The number of carbonyl (C=O) groups is 1. The van der Waals surface area contributed by atoms with Gasteiger partial charge in [0.15, 0.2) is 0 Å². The number of thioether (sulfide) groups is 1. The normalized spacial score (nSPS) is 10.8. The van der Waals surface area contributed by atoms with Gasteiger partial charge in [0.05, 0.1) is 0 Å². The van der Waals surface area contributed by atoms with Gasteiger partial charge in [-0.2, -0.15) is 0 Å². The second-order valence-electron chi connectivity index (χ2n) is 6.78. The van der Waals surface area contributed by atoms with E-state index in [0.29, 0.717) is 18.9 Å². The SMILES string of the molecule is O=C(CCCSc1ccccc1)NCCC(c1ccccc1)c1ccccc1. The van der Waals surface area contributed by atoms with Crippen molar-refractivity contribution < 1.29 is 4.79 Å². The van der Waals surface area contributed by atoms with Gasteiger partial charge in [-0.15, -0.1) is 11.8 Å². The van der Waals surface area contributed by atoms with Crippen LogP contribution in [0.2, 0.25) is 0 Å². The molecule has 28 heavy (non-hydrogen) atoms. The van der Waals surface area contributed by atoms with Crippen LogP contribution >= 0.6 is 11.8 Å². The van der Waals surface area contributed by atoms with Gasteiger partial charge in [-0.25, -0.2) is 0 Å². The van der Waals surface area contributed by atoms with Gasteiger partial charge in [-0.1, -0.05) is 78.9 Å². The van der Waals surface area contributed by atoms with Crippen molar-refractivity contribution in [1.29, 1.82) is 0 Å². The fourth-order valence-corrected chi connectivity index (χ4v) is 4.15. The second-order valence-corrected chi connectivity index (χ2v) is 7.95. The molecule has 0 aliphatic rings. The predicted octanol–water partition coefficient (Wildman–Crippen LogP) is 5.90. The fourth-order valence-electron chi connectivity index (χ4n) is 3.28. The van der Waals surface area contributed by atoms with Gasteiger partial charge in [0.1, 0.15) is 0 Å². The summed E-state index contributed by atoms with van der Waals surface area (Å²) in [4.78, 5) is 13.4. The van der Waals surface area contributed by atoms with Crippen LogP contribution < -0.4 is 5.32 Å². The van der Waals surface area contributed by atoms with Crippen molar-refractivity contribution in [2.24, 2.45) is 0 Å². The molecule has 0 aromatic heterocycles. The van der Waals surface area contributed by atoms with E-state index >= 15 is 0 Å². The zero-order valence-corrected chi connectivity index (χ0v) is 16.9. The fraction of sp³-hybridized carbons (Fsp3) is 0.240. The number of benzene rings is 3. The number of rotatable bonds is 10. The maximum absolute atomic E-state index is 12.2. The van der Waals surface area contributed by atoms with Gasteiger partial charge >= 0.3 is 0 Å². The van der Waals surface area contributed by atoms with Crippen molar-refractivity contribution in [2.75, 3.05) is 12.3 Å². The highest BCUT2D eigenvalue weighted by Crippen LogP contribution is 2.27. The molecule has 1 N–H and O–H groups in total. The first-order chi connectivity index (χ1) is 13.8. The van der Waals surface area contributed by atoms with E-state index in [1.807, 2.05) is 30.3 Å². The molecule has 1 amide bonds. The van der Waals surface area contributed by atoms with E-state index in [2.05, 4.69) is 66.0 Å². The molecule has 0 saturated carbocycles. The van der Waals surface area contributed by atoms with Crippen LogP contribution in [0, 0.1) is 0 Å². The van der Waals surface area contributed by atoms with Crippen LogP contribution in [0.4, 0.5) is 0 Å². The molecule has 2 nitrogen and oxygen atoms in total. The van der Waals surface area contributed by atoms with E-state index in [1.165, 1.54) is 16.0 Å². The summed E-state index contributed by atoms with van der Waals surface area (Å²) in [5, 5.41) is 3.10. The Morgan fingerprint density at radius 1 is 0.786 bits per heavy atom. The number of amides is 1. The minimum Gasteiger partial charge on any atom is -0.356 e. The van der Waals surface area contributed by atoms with Gasteiger partial charge < -0.3 is 5.32 Å². The summed E-state index contributed by atoms with van der Waals surface area (Å²) in [6.07, 6.45) is 2.38. The van der Waals surface area contributed by atoms with Crippen molar-refractivity contribution in [3.05, 3.63) is 102 Å². The van der Waals surface area contributed by atoms with E-state index in [-0.39, 0.29) is 5.91 Å². The molecule has 0 radical (unpaired) electrons. The van der Waals surface area contributed by atoms with Crippen LogP contribution in [0.3, 0.4) is 0 Å². The van der Waals surface area contributed by atoms with E-state index < -0.39 is 0 Å². The van der Waals surface area contributed by atoms with Crippen LogP contribution in [0.1, 0.15) is 36.3 Å². The van der Waals surface area contributed by atoms with E-state index in [4.69, 9.17) is 0 Å². The summed E-state index contributed by atoms with van der Waals surface area (Å²) in [6.45, 7) is 0.694. The molecule has 0 bridgehead atoms. The third kappa shape index (κ3) is 6.58. The third-order valence-electron chi connectivity index (χ3n) is 4.72. The maximum Gasteiger partial charge on any atom is 0.220 e. The molecular formula is C25H27NOS. The van der Waals surface area contributed by atoms with Gasteiger partial charge in [0.25, 0.3) is 0 Å². The zero-order chi connectivity index (χ0) is 19.4. The van der Waals surface area contributed by atoms with Gasteiger partial charge in [-0.3, -0.25) is 4.79 Å². The smallest absolute Gasteiger partial charge is 0.220 e. The van der Waals surface area contributed by atoms with Crippen LogP contribution in [-0.4, -0.2) is 18.2 Å². The maximum atomic E-state index is 12.2. The molecule has 0 fully saturated rings. The Morgan fingerprint density at radius 2 is 1.32 bits per heavy atom. The molecule has 0 aliphatic heterocycles. The second kappa shape index (κ2) is 11.4. The number of carbonyl (C=O) groups excluding carboxylic acids is 1. The summed E-state index contributed by atoms with van der Waals surface area (Å²) in [6, 6.07) is 31.4. The molecule has 0 heterocycles. The molecule has 3 aromatic carbocycles. The van der Waals surface area contributed by atoms with Gasteiger partial charge in [0.2, 0.25) is 5.91 Å². The first kappa shape index (κ1) is 20.2. The highest BCUT2D eigenvalue weighted by atomic mass is 32.2. The summed E-state index contributed by atoms with van der Waals surface area (Å²) in [7, 11) is 0. The monoisotopic (exact) mass is 389 g/mol. The minimum absolute atomic E-state index is 0.147. The lowest BCUT2D eigenvalue weighted by Gasteiger charge is -2.18. The van der Waals surface area contributed by atoms with Crippen molar-refractivity contribution in [2.45, 2.75) is 30.1 Å². The summed E-state index contributed by atoms with van der Waals surface area (Å²) >= 11 is 1.81. The average Bonchev–Trinajstić information content (AvgIpc) is 2.76. The first-order valence-corrected chi connectivity index (χ1v) is 10.9. The van der Waals surface area contributed by atoms with E-state index in [1.54, 1.807) is 11.8 Å². The Balaban J connectivity index is 1.43. The standard InChI is InChI=1S/C25H27NOS/c27-25(17-10-20-28-23-15-8-3-9-16-23)26-19-18-24(21-11-4-1-5-12-21)22-13-6-2-7-14-22/h1-9,11-16,24H,10,17-20H2,(H,26,27). The molecule has 0 saturated heterocycles. The Bertz CT molecular complexity index is 781. The van der Waals surface area contributed by atoms with Crippen LogP contribution in [-0.2, 0) is 4.79 Å². The largest absolute Gasteiger partial charge is 0.356 e. The molecule has 3 aromatic rings. The number of nitrogens with one attached hydrogen (secondary N) is 1. The first-order valence-electron chi connectivity index (χ1n) is 9.87. The van der Waals surface area contributed by atoms with Gasteiger partial charge in [0, 0.05) is 23.8 Å². The van der Waals surface area contributed by atoms with Crippen molar-refractivity contribution >= 4 is 17.7 Å². The molecule has 0 unspecified atom stereocenters. The molecule has 3 heteroatoms. The quantitative estimate of drug-likeness (QED) is 0.346. The Hall–Kier alpha value is -2.52. The lowest BCUT2D eigenvalue weighted by molar-refractivity contribution is -0.121. The summed E-state index contributed by atoms with van der Waals surface area (Å²) < 4.78 is 0. The van der Waals surface area contributed by atoms with Crippen molar-refractivity contribution in [3.63, 3.8) is 0 Å². The van der Waals surface area contributed by atoms with Crippen LogP contribution in [0.5, 0.6) is 0 Å². The molecule has 0 spiro atoms. The lowest BCUT2D eigenvalue weighted by Crippen LogP contribution is -2.25. The van der Waals surface area contributed by atoms with Crippen molar-refractivity contribution in [1.82, 2.24) is 5.32 Å². The topological polar surface area (TPSA) is 29.1 Å².